The maximum Gasteiger partial charge on any atom is 0.251 e. The van der Waals surface area contributed by atoms with E-state index in [0.29, 0.717) is 16.3 Å². The van der Waals surface area contributed by atoms with Crippen LogP contribution >= 0.6 is 11.6 Å². The third-order valence-corrected chi connectivity index (χ3v) is 4.38. The van der Waals surface area contributed by atoms with Crippen LogP contribution in [0.4, 0.5) is 5.69 Å². The van der Waals surface area contributed by atoms with E-state index in [9.17, 15) is 9.59 Å². The number of amides is 2. The van der Waals surface area contributed by atoms with Crippen molar-refractivity contribution in [2.24, 2.45) is 0 Å². The Bertz CT molecular complexity index is 954. The summed E-state index contributed by atoms with van der Waals surface area (Å²) in [5, 5.41) is 5.77. The van der Waals surface area contributed by atoms with Crippen LogP contribution in [0.25, 0.3) is 11.1 Å². The third kappa shape index (κ3) is 4.96. The molecule has 2 amide bonds. The Kier molecular flexibility index (Phi) is 5.89. The van der Waals surface area contributed by atoms with Crippen molar-refractivity contribution >= 4 is 29.1 Å². The number of rotatable bonds is 5. The van der Waals surface area contributed by atoms with E-state index in [0.717, 1.165) is 16.7 Å². The molecule has 3 aromatic rings. The Hall–Kier alpha value is -3.11. The largest absolute Gasteiger partial charge is 0.343 e. The second kappa shape index (κ2) is 8.52. The second-order valence-corrected chi connectivity index (χ2v) is 6.56. The zero-order valence-corrected chi connectivity index (χ0v) is 15.6. The summed E-state index contributed by atoms with van der Waals surface area (Å²) in [5.41, 5.74) is 4.13. The molecule has 0 unspecified atom stereocenters. The van der Waals surface area contributed by atoms with Crippen molar-refractivity contribution in [3.8, 4) is 11.1 Å². The molecule has 3 rings (SSSR count). The van der Waals surface area contributed by atoms with E-state index in [1.165, 1.54) is 0 Å². The third-order valence-electron chi connectivity index (χ3n) is 4.06. The molecule has 2 N–H and O–H groups in total. The summed E-state index contributed by atoms with van der Waals surface area (Å²) in [6.07, 6.45) is 0. The summed E-state index contributed by atoms with van der Waals surface area (Å²) >= 11 is 6.10. The lowest BCUT2D eigenvalue weighted by Gasteiger charge is -2.09. The van der Waals surface area contributed by atoms with Gasteiger partial charge in [-0.15, -0.1) is 0 Å². The number of hydrogen-bond donors (Lipinski definition) is 2. The van der Waals surface area contributed by atoms with Crippen LogP contribution in [0, 0.1) is 6.92 Å². The van der Waals surface area contributed by atoms with Gasteiger partial charge in [0.1, 0.15) is 0 Å². The predicted octanol–water partition coefficient (Wildman–Crippen LogP) is 4.68. The fraction of sp³-hybridized carbons (Fsp3) is 0.0909. The lowest BCUT2D eigenvalue weighted by atomic mass is 10.0. The number of hydrogen-bond acceptors (Lipinski definition) is 2. The Morgan fingerprint density at radius 2 is 1.56 bits per heavy atom. The maximum atomic E-state index is 12.2. The molecule has 0 aliphatic rings. The van der Waals surface area contributed by atoms with Gasteiger partial charge >= 0.3 is 0 Å². The molecule has 0 saturated heterocycles. The summed E-state index contributed by atoms with van der Waals surface area (Å²) in [5.74, 6) is -0.644. The molecule has 0 aromatic heterocycles. The average molecular weight is 379 g/mol. The van der Waals surface area contributed by atoms with Crippen LogP contribution in [0.1, 0.15) is 15.9 Å². The van der Waals surface area contributed by atoms with Gasteiger partial charge in [-0.05, 0) is 47.9 Å². The van der Waals surface area contributed by atoms with Gasteiger partial charge in [0, 0.05) is 5.56 Å². The monoisotopic (exact) mass is 378 g/mol. The first-order valence-electron chi connectivity index (χ1n) is 8.52. The van der Waals surface area contributed by atoms with Crippen LogP contribution in [0.15, 0.2) is 72.8 Å². The van der Waals surface area contributed by atoms with E-state index < -0.39 is 0 Å². The molecule has 3 aromatic carbocycles. The molecule has 0 radical (unpaired) electrons. The summed E-state index contributed by atoms with van der Waals surface area (Å²) < 4.78 is 0. The van der Waals surface area contributed by atoms with Gasteiger partial charge in [0.05, 0.1) is 17.3 Å². The summed E-state index contributed by atoms with van der Waals surface area (Å²) in [7, 11) is 0. The van der Waals surface area contributed by atoms with Gasteiger partial charge in [-0.3, -0.25) is 9.59 Å². The van der Waals surface area contributed by atoms with Crippen molar-refractivity contribution in [3.63, 3.8) is 0 Å². The number of carbonyl (C=O) groups is 2. The van der Waals surface area contributed by atoms with Crippen LogP contribution in [-0.4, -0.2) is 18.4 Å². The van der Waals surface area contributed by atoms with Crippen molar-refractivity contribution in [1.29, 1.82) is 0 Å². The molecule has 27 heavy (non-hydrogen) atoms. The molecule has 136 valence electrons. The van der Waals surface area contributed by atoms with Crippen molar-refractivity contribution in [2.45, 2.75) is 6.92 Å². The lowest BCUT2D eigenvalue weighted by molar-refractivity contribution is -0.115. The van der Waals surface area contributed by atoms with Crippen LogP contribution in [0.5, 0.6) is 0 Å². The first-order chi connectivity index (χ1) is 13.0. The number of carbonyl (C=O) groups excluding carboxylic acids is 2. The van der Waals surface area contributed by atoms with Gasteiger partial charge < -0.3 is 10.6 Å². The van der Waals surface area contributed by atoms with Gasteiger partial charge in [0.25, 0.3) is 5.91 Å². The number of benzene rings is 3. The first-order valence-corrected chi connectivity index (χ1v) is 8.90. The Morgan fingerprint density at radius 3 is 2.22 bits per heavy atom. The normalized spacial score (nSPS) is 10.3. The number of aryl methyl sites for hydroxylation is 1. The van der Waals surface area contributed by atoms with Crippen molar-refractivity contribution in [3.05, 3.63) is 88.9 Å². The van der Waals surface area contributed by atoms with Gasteiger partial charge in [-0.25, -0.2) is 0 Å². The molecule has 0 spiro atoms. The minimum atomic E-state index is -0.338. The molecule has 0 heterocycles. The van der Waals surface area contributed by atoms with Crippen LogP contribution < -0.4 is 10.6 Å². The Morgan fingerprint density at radius 1 is 0.889 bits per heavy atom. The van der Waals surface area contributed by atoms with E-state index in [2.05, 4.69) is 10.6 Å². The molecule has 0 aliphatic carbocycles. The minimum Gasteiger partial charge on any atom is -0.343 e. The highest BCUT2D eigenvalue weighted by molar-refractivity contribution is 6.33. The fourth-order valence-corrected chi connectivity index (χ4v) is 2.91. The molecular formula is C22H19ClN2O2. The number of nitrogens with one attached hydrogen (secondary N) is 2. The van der Waals surface area contributed by atoms with Crippen LogP contribution in [-0.2, 0) is 4.79 Å². The Labute approximate surface area is 163 Å². The van der Waals surface area contributed by atoms with Crippen molar-refractivity contribution in [1.82, 2.24) is 5.32 Å². The molecule has 0 saturated carbocycles. The molecule has 0 fully saturated rings. The molecule has 4 nitrogen and oxygen atoms in total. The Balaban J connectivity index is 1.56. The van der Waals surface area contributed by atoms with E-state index in [-0.39, 0.29) is 18.4 Å². The lowest BCUT2D eigenvalue weighted by Crippen LogP contribution is -2.32. The standard InChI is InChI=1S/C22H19ClN2O2/c1-15-7-12-20(19(23)13-15)25-21(26)14-24-22(27)18-10-8-17(9-11-18)16-5-3-2-4-6-16/h2-13H,14H2,1H3,(H,24,27)(H,25,26). The summed E-state index contributed by atoms with van der Waals surface area (Å²) in [6, 6.07) is 22.5. The molecule has 0 atom stereocenters. The summed E-state index contributed by atoms with van der Waals surface area (Å²) in [6.45, 7) is 1.78. The van der Waals surface area contributed by atoms with E-state index in [1.54, 1.807) is 24.3 Å². The van der Waals surface area contributed by atoms with Crippen molar-refractivity contribution < 1.29 is 9.59 Å². The highest BCUT2D eigenvalue weighted by Crippen LogP contribution is 2.22. The SMILES string of the molecule is Cc1ccc(NC(=O)CNC(=O)c2ccc(-c3ccccc3)cc2)c(Cl)c1. The zero-order chi connectivity index (χ0) is 19.2. The first kappa shape index (κ1) is 18.7. The highest BCUT2D eigenvalue weighted by atomic mass is 35.5. The quantitative estimate of drug-likeness (QED) is 0.677. The van der Waals surface area contributed by atoms with Gasteiger partial charge in [-0.1, -0.05) is 60.1 Å². The van der Waals surface area contributed by atoms with Gasteiger partial charge in [-0.2, -0.15) is 0 Å². The fourth-order valence-electron chi connectivity index (χ4n) is 2.62. The molecule has 5 heteroatoms. The van der Waals surface area contributed by atoms with Crippen LogP contribution in [0.3, 0.4) is 0 Å². The zero-order valence-electron chi connectivity index (χ0n) is 14.8. The van der Waals surface area contributed by atoms with E-state index in [1.807, 2.05) is 55.5 Å². The molecular weight excluding hydrogens is 360 g/mol. The van der Waals surface area contributed by atoms with Gasteiger partial charge in [0.2, 0.25) is 5.91 Å². The smallest absolute Gasteiger partial charge is 0.251 e. The van der Waals surface area contributed by atoms with Crippen molar-refractivity contribution in [2.75, 3.05) is 11.9 Å². The molecule has 0 aliphatic heterocycles. The van der Waals surface area contributed by atoms with E-state index >= 15 is 0 Å². The maximum absolute atomic E-state index is 12.2. The predicted molar refractivity (Wildman–Crippen MR) is 109 cm³/mol. The van der Waals surface area contributed by atoms with Gasteiger partial charge in [0.15, 0.2) is 0 Å². The summed E-state index contributed by atoms with van der Waals surface area (Å²) in [4.78, 5) is 24.3. The van der Waals surface area contributed by atoms with Crippen LogP contribution in [0.2, 0.25) is 5.02 Å². The average Bonchev–Trinajstić information content (AvgIpc) is 2.69. The minimum absolute atomic E-state index is 0.135. The topological polar surface area (TPSA) is 58.2 Å². The number of anilines is 1. The number of halogens is 1. The molecule has 0 bridgehead atoms. The van der Waals surface area contributed by atoms with E-state index in [4.69, 9.17) is 11.6 Å². The second-order valence-electron chi connectivity index (χ2n) is 6.16. The highest BCUT2D eigenvalue weighted by Gasteiger charge is 2.10.